The summed E-state index contributed by atoms with van der Waals surface area (Å²) in [6.07, 6.45) is 2.75. The first kappa shape index (κ1) is 22.4. The van der Waals surface area contributed by atoms with Crippen molar-refractivity contribution in [3.8, 4) is 0 Å². The van der Waals surface area contributed by atoms with E-state index < -0.39 is 11.7 Å². The second-order valence-corrected chi connectivity index (χ2v) is 8.69. The monoisotopic (exact) mass is 442 g/mol. The highest BCUT2D eigenvalue weighted by Gasteiger charge is 2.16. The van der Waals surface area contributed by atoms with Gasteiger partial charge in [0.15, 0.2) is 5.82 Å². The van der Waals surface area contributed by atoms with Gasteiger partial charge in [-0.1, -0.05) is 39.0 Å². The van der Waals surface area contributed by atoms with Crippen LogP contribution in [0, 0.1) is 18.2 Å². The van der Waals surface area contributed by atoms with Crippen molar-refractivity contribution in [3.05, 3.63) is 53.6 Å². The molecule has 2 aromatic heterocycles. The molecule has 0 aliphatic heterocycles. The molecule has 31 heavy (non-hydrogen) atoms. The summed E-state index contributed by atoms with van der Waals surface area (Å²) in [5.74, 6) is -0.236. The largest absolute Gasteiger partial charge is 0.368 e. The van der Waals surface area contributed by atoms with E-state index >= 15 is 0 Å². The van der Waals surface area contributed by atoms with E-state index in [0.29, 0.717) is 17.9 Å². The van der Waals surface area contributed by atoms with Gasteiger partial charge < -0.3 is 16.0 Å². The Hall–Kier alpha value is -3.26. The number of nitrogens with zero attached hydrogens (tertiary/aromatic N) is 3. The van der Waals surface area contributed by atoms with Gasteiger partial charge in [-0.2, -0.15) is 0 Å². The van der Waals surface area contributed by atoms with E-state index in [1.165, 1.54) is 0 Å². The average Bonchev–Trinajstić information content (AvgIpc) is 2.68. The van der Waals surface area contributed by atoms with Gasteiger partial charge in [-0.05, 0) is 36.6 Å². The number of anilines is 4. The molecule has 3 rings (SSSR count). The number of amides is 1. The molecule has 3 N–H and O–H groups in total. The standard InChI is InChI=1S/C22H24ClFN6O/c1-6-17(31)28-16-9-14(24)8-15(23)19(16)30-21-25-10-13-7-12(2)27-20(18(13)29-21)26-11-22(3,4)5/h6-10H,1,11H2,2-5H3,(H,26,27)(H,28,31)(H,25,29,30). The molecule has 0 aliphatic carbocycles. The molecule has 0 fully saturated rings. The molecule has 2 heterocycles. The maximum absolute atomic E-state index is 13.8. The van der Waals surface area contributed by atoms with E-state index in [-0.39, 0.29) is 27.8 Å². The van der Waals surface area contributed by atoms with Crippen molar-refractivity contribution in [2.45, 2.75) is 27.7 Å². The number of carbonyl (C=O) groups excluding carboxylic acids is 1. The number of aryl methyl sites for hydroxylation is 1. The fourth-order valence-electron chi connectivity index (χ4n) is 2.80. The summed E-state index contributed by atoms with van der Waals surface area (Å²) in [4.78, 5) is 25.2. The van der Waals surface area contributed by atoms with Crippen molar-refractivity contribution in [2.75, 3.05) is 22.5 Å². The van der Waals surface area contributed by atoms with Crippen LogP contribution in [0.15, 0.2) is 37.1 Å². The maximum Gasteiger partial charge on any atom is 0.247 e. The Kier molecular flexibility index (Phi) is 6.40. The Morgan fingerprint density at radius 2 is 2.00 bits per heavy atom. The maximum atomic E-state index is 13.8. The highest BCUT2D eigenvalue weighted by molar-refractivity contribution is 6.34. The molecular weight excluding hydrogens is 419 g/mol. The lowest BCUT2D eigenvalue weighted by Crippen LogP contribution is -2.20. The summed E-state index contributed by atoms with van der Waals surface area (Å²) in [7, 11) is 0. The van der Waals surface area contributed by atoms with Crippen molar-refractivity contribution < 1.29 is 9.18 Å². The van der Waals surface area contributed by atoms with Gasteiger partial charge in [-0.3, -0.25) is 4.79 Å². The third-order valence-corrected chi connectivity index (χ3v) is 4.51. The van der Waals surface area contributed by atoms with Gasteiger partial charge in [0.05, 0.1) is 16.4 Å². The van der Waals surface area contributed by atoms with Gasteiger partial charge in [-0.25, -0.2) is 19.3 Å². The molecule has 0 bridgehead atoms. The Morgan fingerprint density at radius 3 is 2.68 bits per heavy atom. The van der Waals surface area contributed by atoms with E-state index in [9.17, 15) is 9.18 Å². The second kappa shape index (κ2) is 8.85. The topological polar surface area (TPSA) is 91.8 Å². The van der Waals surface area contributed by atoms with Crippen LogP contribution in [-0.4, -0.2) is 27.4 Å². The molecule has 0 saturated heterocycles. The highest BCUT2D eigenvalue weighted by Crippen LogP contribution is 2.34. The van der Waals surface area contributed by atoms with Crippen LogP contribution in [0.4, 0.5) is 27.5 Å². The average molecular weight is 443 g/mol. The van der Waals surface area contributed by atoms with Gasteiger partial charge in [-0.15, -0.1) is 0 Å². The fourth-order valence-corrected chi connectivity index (χ4v) is 3.05. The number of pyridine rings is 1. The zero-order valence-electron chi connectivity index (χ0n) is 17.8. The first-order chi connectivity index (χ1) is 14.6. The van der Waals surface area contributed by atoms with Crippen LogP contribution < -0.4 is 16.0 Å². The molecule has 162 valence electrons. The molecule has 0 radical (unpaired) electrons. The minimum atomic E-state index is -0.595. The van der Waals surface area contributed by atoms with Gasteiger partial charge in [0, 0.05) is 23.8 Å². The summed E-state index contributed by atoms with van der Waals surface area (Å²) in [5, 5.41) is 9.75. The summed E-state index contributed by atoms with van der Waals surface area (Å²) in [6, 6.07) is 4.18. The van der Waals surface area contributed by atoms with E-state index in [4.69, 9.17) is 11.6 Å². The first-order valence-corrected chi connectivity index (χ1v) is 10.0. The number of carbonyl (C=O) groups is 1. The van der Waals surface area contributed by atoms with Crippen LogP contribution >= 0.6 is 11.6 Å². The van der Waals surface area contributed by atoms with Crippen LogP contribution in [0.2, 0.25) is 5.02 Å². The van der Waals surface area contributed by atoms with E-state index in [1.54, 1.807) is 6.20 Å². The second-order valence-electron chi connectivity index (χ2n) is 8.29. The summed E-state index contributed by atoms with van der Waals surface area (Å²) < 4.78 is 13.8. The Labute approximate surface area is 185 Å². The van der Waals surface area contributed by atoms with Crippen LogP contribution in [-0.2, 0) is 4.79 Å². The number of rotatable bonds is 6. The van der Waals surface area contributed by atoms with Gasteiger partial charge in [0.1, 0.15) is 11.3 Å². The van der Waals surface area contributed by atoms with Crippen LogP contribution in [0.5, 0.6) is 0 Å². The normalized spacial score (nSPS) is 11.3. The molecule has 1 amide bonds. The van der Waals surface area contributed by atoms with Gasteiger partial charge in [0.25, 0.3) is 0 Å². The molecule has 0 saturated carbocycles. The number of halogens is 2. The molecule has 0 aliphatic rings. The number of hydrogen-bond acceptors (Lipinski definition) is 6. The number of benzene rings is 1. The Morgan fingerprint density at radius 1 is 1.26 bits per heavy atom. The lowest BCUT2D eigenvalue weighted by molar-refractivity contribution is -0.111. The first-order valence-electron chi connectivity index (χ1n) is 9.63. The summed E-state index contributed by atoms with van der Waals surface area (Å²) >= 11 is 6.22. The van der Waals surface area contributed by atoms with Crippen molar-refractivity contribution in [1.82, 2.24) is 15.0 Å². The van der Waals surface area contributed by atoms with Crippen LogP contribution in [0.25, 0.3) is 10.9 Å². The highest BCUT2D eigenvalue weighted by atomic mass is 35.5. The Bertz CT molecular complexity index is 1160. The molecule has 1 aromatic carbocycles. The Balaban J connectivity index is 2.02. The zero-order chi connectivity index (χ0) is 22.8. The zero-order valence-corrected chi connectivity index (χ0v) is 18.6. The predicted molar refractivity (Wildman–Crippen MR) is 124 cm³/mol. The van der Waals surface area contributed by atoms with Crippen LogP contribution in [0.3, 0.4) is 0 Å². The predicted octanol–water partition coefficient (Wildman–Crippen LogP) is 5.45. The fraction of sp³-hybridized carbons (Fsp3) is 0.273. The van der Waals surface area contributed by atoms with E-state index in [1.807, 2.05) is 13.0 Å². The van der Waals surface area contributed by atoms with Gasteiger partial charge >= 0.3 is 0 Å². The van der Waals surface area contributed by atoms with Crippen LogP contribution in [0.1, 0.15) is 26.5 Å². The molecule has 0 unspecified atom stereocenters. The quantitative estimate of drug-likeness (QED) is 0.439. The number of aromatic nitrogens is 3. The van der Waals surface area contributed by atoms with Gasteiger partial charge in [0.2, 0.25) is 11.9 Å². The van der Waals surface area contributed by atoms with Crippen molar-refractivity contribution in [2.24, 2.45) is 5.41 Å². The molecule has 7 nitrogen and oxygen atoms in total. The van der Waals surface area contributed by atoms with Crippen molar-refractivity contribution in [1.29, 1.82) is 0 Å². The van der Waals surface area contributed by atoms with E-state index in [2.05, 4.69) is 58.3 Å². The third kappa shape index (κ3) is 5.67. The molecule has 9 heteroatoms. The van der Waals surface area contributed by atoms with Crippen molar-refractivity contribution in [3.63, 3.8) is 0 Å². The minimum Gasteiger partial charge on any atom is -0.368 e. The third-order valence-electron chi connectivity index (χ3n) is 4.22. The number of hydrogen-bond donors (Lipinski definition) is 3. The lowest BCUT2D eigenvalue weighted by Gasteiger charge is -2.20. The molecule has 0 atom stereocenters. The lowest BCUT2D eigenvalue weighted by atomic mass is 9.97. The minimum absolute atomic E-state index is 0.0474. The molecule has 3 aromatic rings. The van der Waals surface area contributed by atoms with E-state index in [0.717, 1.165) is 29.3 Å². The molecule has 0 spiro atoms. The summed E-state index contributed by atoms with van der Waals surface area (Å²) in [5.41, 5.74) is 1.92. The molecular formula is C22H24ClFN6O. The smallest absolute Gasteiger partial charge is 0.247 e. The summed E-state index contributed by atoms with van der Waals surface area (Å²) in [6.45, 7) is 12.4. The number of nitrogens with one attached hydrogen (secondary N) is 3. The SMILES string of the molecule is C=CC(=O)Nc1cc(F)cc(Cl)c1Nc1ncc2cc(C)nc(NCC(C)(C)C)c2n1. The van der Waals surface area contributed by atoms with Crippen molar-refractivity contribution >= 4 is 51.6 Å². The number of fused-ring (bicyclic) bond motifs is 1.